The van der Waals surface area contributed by atoms with Gasteiger partial charge < -0.3 is 13.9 Å². The van der Waals surface area contributed by atoms with E-state index < -0.39 is 85.8 Å². The molecule has 4 heterocycles. The minimum atomic E-state index is -4.54. The summed E-state index contributed by atoms with van der Waals surface area (Å²) in [6.45, 7) is 2.38. The van der Waals surface area contributed by atoms with Crippen LogP contribution in [-0.4, -0.2) is 14.1 Å². The fourth-order valence-electron chi connectivity index (χ4n) is 12.1. The zero-order valence-electron chi connectivity index (χ0n) is 68.2. The molecule has 9 aromatic carbocycles. The molecule has 0 saturated heterocycles. The molecule has 1 aliphatic heterocycles. The number of nitrogens with zero attached hydrogens (tertiary/aromatic N) is 4. The number of benzene rings is 9. The minimum absolute atomic E-state index is 0. The molecule has 0 spiro atoms. The molecule has 1 aliphatic carbocycles. The van der Waals surface area contributed by atoms with Crippen LogP contribution in [0.1, 0.15) is 156 Å². The summed E-state index contributed by atoms with van der Waals surface area (Å²) in [6, 6.07) is 55.5. The quantitative estimate of drug-likeness (QED) is 0.123. The van der Waals surface area contributed by atoms with Crippen molar-refractivity contribution >= 4 is 32.8 Å². The Morgan fingerprint density at radius 2 is 1.14 bits per heavy atom. The van der Waals surface area contributed by atoms with Crippen LogP contribution in [0.2, 0.25) is 0 Å². The largest absolute Gasteiger partial charge is 0.510 e. The molecule has 0 saturated carbocycles. The first-order chi connectivity index (χ1) is 48.3. The molecule has 6 heteroatoms. The molecule has 0 atom stereocenters. The van der Waals surface area contributed by atoms with E-state index in [1.165, 1.54) is 6.07 Å². The molecule has 86 heavy (non-hydrogen) atoms. The van der Waals surface area contributed by atoms with Crippen molar-refractivity contribution in [2.75, 3.05) is 0 Å². The van der Waals surface area contributed by atoms with Crippen LogP contribution in [0.5, 0.6) is 11.5 Å². The average molecular weight is 1320 g/mol. The molecule has 0 unspecified atom stereocenters. The summed E-state index contributed by atoms with van der Waals surface area (Å²) < 4.78 is 190. The maximum absolute atomic E-state index is 10.5. The third kappa shape index (κ3) is 9.66. The number of hydrogen-bond acceptors (Lipinski definition) is 2. The number of imidazole rings is 1. The standard InChI is InChI=1S/C80H74N4O.Pt/c1-76(2,3)53-36-39-81-73(46-53)84-70-31-19-18-28-64(70)65-34-33-58(48-71(65)84)85-57-23-20-22-56(47-57)82-49-83-74-59(52-40-54(77(4,5)6)45-55(41-52)78(7,8)9)29-21-30-66(74)62-26-16-14-24-60(62)61-25-15-17-27-63(61)67-42-51(44-72(82)75(67)83)50-32-35-68-69(43-50)80(12,13)38-37-79(68,10)11;/h14-36,39-46H,37-38H2,1-13H3;/q-2;/i10D3,11D3,12D3,13D3,32D,35D,37D2,38D2,43D;. The van der Waals surface area contributed by atoms with Gasteiger partial charge in [0.2, 0.25) is 0 Å². The van der Waals surface area contributed by atoms with Crippen molar-refractivity contribution in [2.24, 2.45) is 0 Å². The summed E-state index contributed by atoms with van der Waals surface area (Å²) in [5.74, 6) is 1.21. The molecule has 432 valence electrons. The summed E-state index contributed by atoms with van der Waals surface area (Å²) in [5.41, 5.74) is -1.47. The van der Waals surface area contributed by atoms with Crippen molar-refractivity contribution < 1.29 is 56.4 Å². The Balaban J connectivity index is 0.00000978. The number of ether oxygens (including phenoxy) is 1. The van der Waals surface area contributed by atoms with Crippen LogP contribution in [0.15, 0.2) is 188 Å². The Hall–Kier alpha value is -8.11. The van der Waals surface area contributed by atoms with Gasteiger partial charge in [-0.15, -0.1) is 29.7 Å². The fourth-order valence-corrected chi connectivity index (χ4v) is 12.1. The second kappa shape index (κ2) is 20.5. The molecule has 0 radical (unpaired) electrons. The smallest absolute Gasteiger partial charge is 0.268 e. The Kier molecular flexibility index (Phi) is 9.27. The van der Waals surface area contributed by atoms with Crippen LogP contribution in [0.25, 0.3) is 106 Å². The van der Waals surface area contributed by atoms with Crippen molar-refractivity contribution in [3.05, 3.63) is 234 Å². The van der Waals surface area contributed by atoms with E-state index in [0.29, 0.717) is 50.7 Å². The number of rotatable bonds is 6. The number of fused-ring (bicyclic) bond motifs is 11. The molecule has 0 amide bonds. The SMILES string of the molecule is [2H]c1c([2H])c2c(c([2H])c1-c1cc3c4c(c1)n(-c1[c-]c(Oc5[c-]c6c(cc5)c5ccccc5n6-c5cc(C(C)(C)C)ccn5)ccc1)[c-][n+]4-c1c(-c4cc(C(C)(C)C)cc(C(C)(C)C)c4)cccc1-c1ccccc1-c1ccccc1-3)C(C([2H])([2H])[2H])(C([2H])([2H])[2H])C([2H])([2H])C([2H])([2H])C2(C([2H])([2H])[2H])C([2H])([2H])[2H].[Pt]. The molecule has 3 aromatic heterocycles. The van der Waals surface area contributed by atoms with Gasteiger partial charge in [-0.3, -0.25) is 4.57 Å². The summed E-state index contributed by atoms with van der Waals surface area (Å²) >= 11 is 0. The van der Waals surface area contributed by atoms with Crippen molar-refractivity contribution in [1.82, 2.24) is 14.1 Å². The van der Waals surface area contributed by atoms with Crippen LogP contribution in [0.4, 0.5) is 0 Å². The summed E-state index contributed by atoms with van der Waals surface area (Å²) in [7, 11) is 0. The van der Waals surface area contributed by atoms with Gasteiger partial charge in [0.1, 0.15) is 5.82 Å². The van der Waals surface area contributed by atoms with E-state index in [1.807, 2.05) is 114 Å². The van der Waals surface area contributed by atoms with Crippen LogP contribution < -0.4 is 9.30 Å². The average Bonchev–Trinajstić information content (AvgIpc) is 1.13. The Labute approximate surface area is 549 Å². The van der Waals surface area contributed by atoms with E-state index in [1.54, 1.807) is 35.0 Å². The zero-order chi connectivity index (χ0) is 75.3. The van der Waals surface area contributed by atoms with E-state index >= 15 is 0 Å². The molecule has 0 bridgehead atoms. The van der Waals surface area contributed by atoms with Gasteiger partial charge in [-0.2, -0.15) is 18.2 Å². The van der Waals surface area contributed by atoms with Gasteiger partial charge in [-0.1, -0.05) is 223 Å². The van der Waals surface area contributed by atoms with E-state index in [9.17, 15) is 9.60 Å². The van der Waals surface area contributed by atoms with Gasteiger partial charge in [0.05, 0.1) is 20.8 Å². The summed E-state index contributed by atoms with van der Waals surface area (Å²) in [4.78, 5) is 4.86. The van der Waals surface area contributed by atoms with Gasteiger partial charge in [-0.25, -0.2) is 4.98 Å². The predicted molar refractivity (Wildman–Crippen MR) is 352 cm³/mol. The maximum atomic E-state index is 10.5. The minimum Gasteiger partial charge on any atom is -0.510 e. The molecule has 0 fully saturated rings. The van der Waals surface area contributed by atoms with Crippen LogP contribution >= 0.6 is 0 Å². The Morgan fingerprint density at radius 1 is 0.535 bits per heavy atom. The van der Waals surface area contributed by atoms with Gasteiger partial charge in [0.25, 0.3) is 6.33 Å². The molecule has 0 N–H and O–H groups in total. The maximum Gasteiger partial charge on any atom is 0.268 e. The summed E-state index contributed by atoms with van der Waals surface area (Å²) in [5, 5.41) is 1.87. The number of para-hydroxylation sites is 2. The van der Waals surface area contributed by atoms with Gasteiger partial charge in [0.15, 0.2) is 0 Å². The monoisotopic (exact) mass is 1320 g/mol. The normalized spacial score (nSPS) is 19.3. The van der Waals surface area contributed by atoms with Crippen molar-refractivity contribution in [2.45, 2.75) is 130 Å². The fraction of sp³-hybridized carbons (Fsp3) is 0.250. The first-order valence-electron chi connectivity index (χ1n) is 38.1. The van der Waals surface area contributed by atoms with Crippen LogP contribution in [0.3, 0.4) is 0 Å². The van der Waals surface area contributed by atoms with Gasteiger partial charge >= 0.3 is 0 Å². The molecular formula is C80H74N4OPt-2. The molecule has 14 rings (SSSR count). The van der Waals surface area contributed by atoms with Gasteiger partial charge in [0, 0.05) is 66.2 Å². The topological polar surface area (TPSA) is 35.9 Å². The number of aromatic nitrogens is 4. The first kappa shape index (κ1) is 38.8. The second-order valence-electron chi connectivity index (χ2n) is 25.6. The predicted octanol–water partition coefficient (Wildman–Crippen LogP) is 20.5. The number of hydrogen-bond donors (Lipinski definition) is 0. The Bertz CT molecular complexity index is 5500. The zero-order valence-corrected chi connectivity index (χ0v) is 51.5. The Morgan fingerprint density at radius 3 is 1.83 bits per heavy atom. The molecule has 12 aromatic rings. The van der Waals surface area contributed by atoms with Gasteiger partial charge in [-0.05, 0) is 159 Å². The molecule has 5 nitrogen and oxygen atoms in total. The van der Waals surface area contributed by atoms with Crippen molar-refractivity contribution in [3.8, 4) is 84.3 Å². The second-order valence-corrected chi connectivity index (χ2v) is 25.6. The summed E-state index contributed by atoms with van der Waals surface area (Å²) in [6.07, 6.45) is -3.50. The van der Waals surface area contributed by atoms with Crippen LogP contribution in [0, 0.1) is 18.5 Å². The van der Waals surface area contributed by atoms with Crippen molar-refractivity contribution in [3.63, 3.8) is 0 Å². The van der Waals surface area contributed by atoms with E-state index in [-0.39, 0.29) is 54.1 Å². The van der Waals surface area contributed by atoms with E-state index in [2.05, 4.69) is 110 Å². The van der Waals surface area contributed by atoms with E-state index in [4.69, 9.17) is 26.2 Å². The third-order valence-electron chi connectivity index (χ3n) is 16.6. The third-order valence-corrected chi connectivity index (χ3v) is 16.6. The van der Waals surface area contributed by atoms with Crippen molar-refractivity contribution in [1.29, 1.82) is 0 Å². The van der Waals surface area contributed by atoms with E-state index in [0.717, 1.165) is 60.8 Å². The number of pyridine rings is 1. The first-order valence-corrected chi connectivity index (χ1v) is 28.6. The molecule has 2 aliphatic rings. The molecular weight excluding hydrogens is 1230 g/mol. The van der Waals surface area contributed by atoms with Crippen LogP contribution in [-0.2, 0) is 48.1 Å².